The van der Waals surface area contributed by atoms with E-state index in [4.69, 9.17) is 18.9 Å². The minimum Gasteiger partial charge on any atom is -0.377 e. The topological polar surface area (TPSA) is 77.5 Å². The molecule has 0 saturated carbocycles. The predicted octanol–water partition coefficient (Wildman–Crippen LogP) is 2.47. The van der Waals surface area contributed by atoms with Gasteiger partial charge in [-0.05, 0) is 22.9 Å². The van der Waals surface area contributed by atoms with E-state index in [1.165, 1.54) is 22.7 Å². The number of amides is 2. The summed E-state index contributed by atoms with van der Waals surface area (Å²) in [4.78, 5) is 30.3. The van der Waals surface area contributed by atoms with Crippen LogP contribution in [0.25, 0.3) is 0 Å². The third-order valence-corrected chi connectivity index (χ3v) is 6.52. The molecule has 3 rings (SSSR count). The molecule has 3 heterocycles. The van der Waals surface area contributed by atoms with Gasteiger partial charge in [-0.15, -0.1) is 22.7 Å². The molecule has 0 spiro atoms. The van der Waals surface area contributed by atoms with E-state index in [9.17, 15) is 9.59 Å². The Hall–Kier alpha value is -1.82. The minimum atomic E-state index is -0.00963. The molecule has 32 heavy (non-hydrogen) atoms. The fourth-order valence-electron chi connectivity index (χ4n) is 3.08. The molecule has 1 aliphatic heterocycles. The molecule has 0 aromatic carbocycles. The van der Waals surface area contributed by atoms with Gasteiger partial charge >= 0.3 is 0 Å². The Balaban J connectivity index is 1.48. The van der Waals surface area contributed by atoms with Gasteiger partial charge in [0.1, 0.15) is 0 Å². The van der Waals surface area contributed by atoms with Gasteiger partial charge in [0.05, 0.1) is 62.6 Å². The van der Waals surface area contributed by atoms with Gasteiger partial charge in [-0.2, -0.15) is 0 Å². The summed E-state index contributed by atoms with van der Waals surface area (Å²) < 4.78 is 22.6. The summed E-state index contributed by atoms with van der Waals surface area (Å²) in [6, 6.07) is 7.40. The van der Waals surface area contributed by atoms with Crippen molar-refractivity contribution in [2.24, 2.45) is 0 Å². The van der Waals surface area contributed by atoms with Crippen molar-refractivity contribution < 1.29 is 28.5 Å². The molecule has 0 aliphatic carbocycles. The number of ether oxygens (including phenoxy) is 4. The first-order chi connectivity index (χ1) is 15.8. The summed E-state index contributed by atoms with van der Waals surface area (Å²) in [6.07, 6.45) is 0. The Morgan fingerprint density at radius 1 is 0.594 bits per heavy atom. The smallest absolute Gasteiger partial charge is 0.264 e. The van der Waals surface area contributed by atoms with Crippen LogP contribution in [-0.4, -0.2) is 101 Å². The van der Waals surface area contributed by atoms with Crippen LogP contribution in [0.4, 0.5) is 0 Å². The molecule has 176 valence electrons. The summed E-state index contributed by atoms with van der Waals surface area (Å²) in [5.74, 6) is -0.0193. The standard InChI is InChI=1S/C22H30N2O6S2/c25-21(19-3-1-17-31-19)23-5-9-27-13-15-29-11-7-24(22(26)20-4-2-18-32-20)8-12-30-16-14-28-10-6-23/h1-4,17-18H,5-16H2. The molecule has 0 N–H and O–H groups in total. The lowest BCUT2D eigenvalue weighted by Gasteiger charge is -2.23. The normalized spacial score (nSPS) is 18.6. The molecule has 1 fully saturated rings. The van der Waals surface area contributed by atoms with Crippen molar-refractivity contribution >= 4 is 34.5 Å². The largest absolute Gasteiger partial charge is 0.377 e. The molecule has 2 aromatic heterocycles. The summed E-state index contributed by atoms with van der Waals surface area (Å²) in [5.41, 5.74) is 0. The first kappa shape index (κ1) is 24.8. The maximum absolute atomic E-state index is 12.7. The SMILES string of the molecule is O=C(c1cccs1)N1CCOCCOCCN(C(=O)c2cccs2)CCOCCOCC1. The second-order valence-corrected chi connectivity index (χ2v) is 8.88. The van der Waals surface area contributed by atoms with Gasteiger partial charge in [-0.25, -0.2) is 0 Å². The molecule has 2 aromatic rings. The number of hydrogen-bond donors (Lipinski definition) is 0. The van der Waals surface area contributed by atoms with Gasteiger partial charge in [0.15, 0.2) is 0 Å². The van der Waals surface area contributed by atoms with Crippen molar-refractivity contribution in [3.63, 3.8) is 0 Å². The molecule has 0 bridgehead atoms. The lowest BCUT2D eigenvalue weighted by Crippen LogP contribution is -2.37. The zero-order valence-electron chi connectivity index (χ0n) is 18.1. The summed E-state index contributed by atoms with van der Waals surface area (Å²) in [5, 5.41) is 3.79. The second-order valence-electron chi connectivity index (χ2n) is 6.99. The monoisotopic (exact) mass is 482 g/mol. The number of thiophene rings is 2. The van der Waals surface area contributed by atoms with Gasteiger partial charge in [0.25, 0.3) is 11.8 Å². The summed E-state index contributed by atoms with van der Waals surface area (Å²) in [6.45, 7) is 5.36. The van der Waals surface area contributed by atoms with Crippen LogP contribution in [0, 0.1) is 0 Å². The fraction of sp³-hybridized carbons (Fsp3) is 0.545. The quantitative estimate of drug-likeness (QED) is 0.655. The second kappa shape index (κ2) is 14.4. The van der Waals surface area contributed by atoms with Crippen molar-refractivity contribution in [3.05, 3.63) is 44.8 Å². The van der Waals surface area contributed by atoms with Gasteiger partial charge in [-0.1, -0.05) is 12.1 Å². The van der Waals surface area contributed by atoms with Crippen LogP contribution in [0.1, 0.15) is 19.3 Å². The lowest BCUT2D eigenvalue weighted by molar-refractivity contribution is 0.00904. The Morgan fingerprint density at radius 3 is 1.22 bits per heavy atom. The highest BCUT2D eigenvalue weighted by Crippen LogP contribution is 2.13. The lowest BCUT2D eigenvalue weighted by atomic mass is 10.3. The molecular weight excluding hydrogens is 452 g/mol. The van der Waals surface area contributed by atoms with Crippen LogP contribution in [0.15, 0.2) is 35.0 Å². The summed E-state index contributed by atoms with van der Waals surface area (Å²) in [7, 11) is 0. The van der Waals surface area contributed by atoms with E-state index in [2.05, 4.69) is 0 Å². The average Bonchev–Trinajstić information content (AvgIpc) is 3.52. The zero-order chi connectivity index (χ0) is 22.4. The zero-order valence-corrected chi connectivity index (χ0v) is 19.7. The van der Waals surface area contributed by atoms with Crippen LogP contribution in [-0.2, 0) is 18.9 Å². The Kier molecular flexibility index (Phi) is 11.1. The summed E-state index contributed by atoms with van der Waals surface area (Å²) >= 11 is 2.86. The highest BCUT2D eigenvalue weighted by atomic mass is 32.1. The highest BCUT2D eigenvalue weighted by Gasteiger charge is 2.18. The maximum Gasteiger partial charge on any atom is 0.264 e. The number of nitrogens with zero attached hydrogens (tertiary/aromatic N) is 2. The molecule has 0 unspecified atom stereocenters. The first-order valence-corrected chi connectivity index (χ1v) is 12.5. The predicted molar refractivity (Wildman–Crippen MR) is 124 cm³/mol. The Morgan fingerprint density at radius 2 is 0.938 bits per heavy atom. The molecule has 8 nitrogen and oxygen atoms in total. The number of carbonyl (C=O) groups is 2. The fourth-order valence-corrected chi connectivity index (χ4v) is 4.47. The van der Waals surface area contributed by atoms with Crippen molar-refractivity contribution in [2.75, 3.05) is 79.0 Å². The molecular formula is C22H30N2O6S2. The van der Waals surface area contributed by atoms with Crippen molar-refractivity contribution in [1.82, 2.24) is 9.80 Å². The van der Waals surface area contributed by atoms with Crippen molar-refractivity contribution in [1.29, 1.82) is 0 Å². The van der Waals surface area contributed by atoms with E-state index in [-0.39, 0.29) is 11.8 Å². The number of hydrogen-bond acceptors (Lipinski definition) is 8. The molecule has 1 saturated heterocycles. The van der Waals surface area contributed by atoms with Crippen LogP contribution >= 0.6 is 22.7 Å². The molecule has 1 aliphatic rings. The maximum atomic E-state index is 12.7. The minimum absolute atomic E-state index is 0.00963. The van der Waals surface area contributed by atoms with Gasteiger partial charge in [0, 0.05) is 26.2 Å². The van der Waals surface area contributed by atoms with E-state index in [1.807, 2.05) is 35.0 Å². The van der Waals surface area contributed by atoms with Gasteiger partial charge < -0.3 is 28.7 Å². The molecule has 2 amide bonds. The highest BCUT2D eigenvalue weighted by molar-refractivity contribution is 7.12. The van der Waals surface area contributed by atoms with E-state index < -0.39 is 0 Å². The first-order valence-electron chi connectivity index (χ1n) is 10.7. The van der Waals surface area contributed by atoms with Crippen LogP contribution < -0.4 is 0 Å². The van der Waals surface area contributed by atoms with E-state index >= 15 is 0 Å². The van der Waals surface area contributed by atoms with Crippen LogP contribution in [0.3, 0.4) is 0 Å². The Labute approximate surface area is 196 Å². The molecule has 0 atom stereocenters. The number of carbonyl (C=O) groups excluding carboxylic acids is 2. The van der Waals surface area contributed by atoms with E-state index in [1.54, 1.807) is 9.80 Å². The van der Waals surface area contributed by atoms with Crippen molar-refractivity contribution in [2.45, 2.75) is 0 Å². The third kappa shape index (κ3) is 8.27. The van der Waals surface area contributed by atoms with E-state index in [0.717, 1.165) is 0 Å². The van der Waals surface area contributed by atoms with Crippen LogP contribution in [0.2, 0.25) is 0 Å². The van der Waals surface area contributed by atoms with Gasteiger partial charge in [0.2, 0.25) is 0 Å². The van der Waals surface area contributed by atoms with E-state index in [0.29, 0.717) is 88.8 Å². The average molecular weight is 483 g/mol. The number of rotatable bonds is 2. The molecule has 10 heteroatoms. The third-order valence-electron chi connectivity index (χ3n) is 4.80. The van der Waals surface area contributed by atoms with Gasteiger partial charge in [-0.3, -0.25) is 9.59 Å². The molecule has 0 radical (unpaired) electrons. The van der Waals surface area contributed by atoms with Crippen LogP contribution in [0.5, 0.6) is 0 Å². The van der Waals surface area contributed by atoms with Crippen molar-refractivity contribution in [3.8, 4) is 0 Å². The Bertz CT molecular complexity index is 698.